The van der Waals surface area contributed by atoms with Crippen LogP contribution in [0, 0.1) is 5.82 Å². The molecule has 0 heterocycles. The van der Waals surface area contributed by atoms with E-state index in [1.165, 1.54) is 6.07 Å². The third kappa shape index (κ3) is 3.01. The van der Waals surface area contributed by atoms with Gasteiger partial charge in [0.25, 0.3) is 0 Å². The van der Waals surface area contributed by atoms with Crippen molar-refractivity contribution >= 4 is 21.6 Å². The van der Waals surface area contributed by atoms with Gasteiger partial charge in [-0.25, -0.2) is 4.39 Å². The first-order chi connectivity index (χ1) is 8.70. The van der Waals surface area contributed by atoms with Gasteiger partial charge in [-0.1, -0.05) is 28.1 Å². The van der Waals surface area contributed by atoms with Gasteiger partial charge in [0, 0.05) is 16.6 Å². The predicted octanol–water partition coefficient (Wildman–Crippen LogP) is 4.21. The van der Waals surface area contributed by atoms with Crippen molar-refractivity contribution in [1.29, 1.82) is 0 Å². The molecule has 0 saturated carbocycles. The lowest BCUT2D eigenvalue weighted by atomic mass is 10.2. The van der Waals surface area contributed by atoms with Crippen LogP contribution in [0.15, 0.2) is 46.9 Å². The Kier molecular flexibility index (Phi) is 4.20. The smallest absolute Gasteiger partial charge is 0.146 e. The fourth-order valence-electron chi connectivity index (χ4n) is 1.68. The SMILES string of the molecule is COc1ccc(Br)cc1CNc1ccccc1F. The van der Waals surface area contributed by atoms with E-state index in [2.05, 4.69) is 21.2 Å². The highest BCUT2D eigenvalue weighted by Crippen LogP contribution is 2.24. The Morgan fingerprint density at radius 3 is 2.72 bits per heavy atom. The number of rotatable bonds is 4. The van der Waals surface area contributed by atoms with E-state index in [0.717, 1.165) is 15.8 Å². The summed E-state index contributed by atoms with van der Waals surface area (Å²) < 4.78 is 19.7. The number of ether oxygens (including phenoxy) is 1. The van der Waals surface area contributed by atoms with Crippen LogP contribution in [-0.2, 0) is 6.54 Å². The van der Waals surface area contributed by atoms with Crippen LogP contribution in [0.25, 0.3) is 0 Å². The van der Waals surface area contributed by atoms with E-state index in [1.807, 2.05) is 18.2 Å². The molecule has 0 bridgehead atoms. The molecular formula is C14H13BrFNO. The van der Waals surface area contributed by atoms with Crippen LogP contribution in [0.1, 0.15) is 5.56 Å². The molecule has 2 aromatic carbocycles. The van der Waals surface area contributed by atoms with Gasteiger partial charge in [0.15, 0.2) is 0 Å². The van der Waals surface area contributed by atoms with Crippen molar-refractivity contribution in [1.82, 2.24) is 0 Å². The number of methoxy groups -OCH3 is 1. The first-order valence-corrected chi connectivity index (χ1v) is 6.31. The first-order valence-electron chi connectivity index (χ1n) is 5.51. The number of para-hydroxylation sites is 1. The number of halogens is 2. The van der Waals surface area contributed by atoms with Crippen molar-refractivity contribution < 1.29 is 9.13 Å². The third-order valence-electron chi connectivity index (χ3n) is 2.59. The van der Waals surface area contributed by atoms with Crippen molar-refractivity contribution in [3.05, 3.63) is 58.3 Å². The van der Waals surface area contributed by atoms with Gasteiger partial charge in [-0.05, 0) is 30.3 Å². The summed E-state index contributed by atoms with van der Waals surface area (Å²) in [6.45, 7) is 0.504. The fourth-order valence-corrected chi connectivity index (χ4v) is 2.09. The van der Waals surface area contributed by atoms with Gasteiger partial charge in [-0.3, -0.25) is 0 Å². The lowest BCUT2D eigenvalue weighted by molar-refractivity contribution is 0.410. The molecule has 0 aliphatic carbocycles. The summed E-state index contributed by atoms with van der Waals surface area (Å²) in [5, 5.41) is 3.06. The number of hydrogen-bond acceptors (Lipinski definition) is 2. The Balaban J connectivity index is 2.15. The lowest BCUT2D eigenvalue weighted by Gasteiger charge is -2.11. The Labute approximate surface area is 114 Å². The number of anilines is 1. The van der Waals surface area contributed by atoms with Crippen LogP contribution >= 0.6 is 15.9 Å². The zero-order valence-corrected chi connectivity index (χ0v) is 11.5. The molecule has 0 radical (unpaired) electrons. The minimum Gasteiger partial charge on any atom is -0.496 e. The van der Waals surface area contributed by atoms with E-state index in [0.29, 0.717) is 12.2 Å². The minimum absolute atomic E-state index is 0.258. The predicted molar refractivity (Wildman–Crippen MR) is 74.4 cm³/mol. The molecule has 94 valence electrons. The monoisotopic (exact) mass is 309 g/mol. The number of hydrogen-bond donors (Lipinski definition) is 1. The van der Waals surface area contributed by atoms with E-state index < -0.39 is 0 Å². The highest BCUT2D eigenvalue weighted by molar-refractivity contribution is 9.10. The second-order valence-electron chi connectivity index (χ2n) is 3.79. The Bertz CT molecular complexity index is 545. The van der Waals surface area contributed by atoms with Crippen molar-refractivity contribution in [3.63, 3.8) is 0 Å². The largest absolute Gasteiger partial charge is 0.496 e. The molecule has 4 heteroatoms. The van der Waals surface area contributed by atoms with Gasteiger partial charge in [0.1, 0.15) is 11.6 Å². The van der Waals surface area contributed by atoms with Gasteiger partial charge < -0.3 is 10.1 Å². The van der Waals surface area contributed by atoms with Crippen LogP contribution in [0.3, 0.4) is 0 Å². The summed E-state index contributed by atoms with van der Waals surface area (Å²) in [4.78, 5) is 0. The van der Waals surface area contributed by atoms with E-state index in [1.54, 1.807) is 25.3 Å². The second kappa shape index (κ2) is 5.87. The normalized spacial score (nSPS) is 10.2. The molecule has 0 aromatic heterocycles. The summed E-state index contributed by atoms with van der Waals surface area (Å²) in [5.41, 5.74) is 1.45. The van der Waals surface area contributed by atoms with Gasteiger partial charge in [-0.2, -0.15) is 0 Å². The molecule has 0 amide bonds. The van der Waals surface area contributed by atoms with Crippen LogP contribution < -0.4 is 10.1 Å². The fraction of sp³-hybridized carbons (Fsp3) is 0.143. The third-order valence-corrected chi connectivity index (χ3v) is 3.08. The van der Waals surface area contributed by atoms with Crippen molar-refractivity contribution in [2.45, 2.75) is 6.54 Å². The maximum Gasteiger partial charge on any atom is 0.146 e. The quantitative estimate of drug-likeness (QED) is 0.913. The van der Waals surface area contributed by atoms with Gasteiger partial charge >= 0.3 is 0 Å². The lowest BCUT2D eigenvalue weighted by Crippen LogP contribution is -2.03. The molecule has 2 aromatic rings. The molecule has 18 heavy (non-hydrogen) atoms. The molecule has 0 unspecified atom stereocenters. The maximum atomic E-state index is 13.5. The summed E-state index contributed by atoms with van der Waals surface area (Å²) >= 11 is 3.41. The molecule has 0 aliphatic heterocycles. The minimum atomic E-state index is -0.258. The maximum absolute atomic E-state index is 13.5. The van der Waals surface area contributed by atoms with Crippen LogP contribution in [0.2, 0.25) is 0 Å². The Morgan fingerprint density at radius 2 is 2.00 bits per heavy atom. The molecule has 1 N–H and O–H groups in total. The average Bonchev–Trinajstić information content (AvgIpc) is 2.38. The van der Waals surface area contributed by atoms with E-state index in [-0.39, 0.29) is 5.82 Å². The van der Waals surface area contributed by atoms with Crippen LogP contribution in [0.5, 0.6) is 5.75 Å². The summed E-state index contributed by atoms with van der Waals surface area (Å²) in [6.07, 6.45) is 0. The molecule has 0 atom stereocenters. The molecule has 2 rings (SSSR count). The summed E-state index contributed by atoms with van der Waals surface area (Å²) in [5.74, 6) is 0.522. The summed E-state index contributed by atoms with van der Waals surface area (Å²) in [6, 6.07) is 12.3. The van der Waals surface area contributed by atoms with Gasteiger partial charge in [0.2, 0.25) is 0 Å². The molecule has 0 aliphatic rings. The van der Waals surface area contributed by atoms with Crippen molar-refractivity contribution in [2.75, 3.05) is 12.4 Å². The zero-order chi connectivity index (χ0) is 13.0. The highest BCUT2D eigenvalue weighted by atomic mass is 79.9. The van der Waals surface area contributed by atoms with Gasteiger partial charge in [0.05, 0.1) is 12.8 Å². The van der Waals surface area contributed by atoms with E-state index in [9.17, 15) is 4.39 Å². The Morgan fingerprint density at radius 1 is 1.22 bits per heavy atom. The molecule has 0 saturated heterocycles. The zero-order valence-electron chi connectivity index (χ0n) is 9.91. The van der Waals surface area contributed by atoms with Crippen LogP contribution in [-0.4, -0.2) is 7.11 Å². The topological polar surface area (TPSA) is 21.3 Å². The molecular weight excluding hydrogens is 297 g/mol. The van der Waals surface area contributed by atoms with Gasteiger partial charge in [-0.15, -0.1) is 0 Å². The molecule has 0 fully saturated rings. The van der Waals surface area contributed by atoms with E-state index >= 15 is 0 Å². The van der Waals surface area contributed by atoms with Crippen molar-refractivity contribution in [3.8, 4) is 5.75 Å². The standard InChI is InChI=1S/C14H13BrFNO/c1-18-14-7-6-11(15)8-10(14)9-17-13-5-3-2-4-12(13)16/h2-8,17H,9H2,1H3. The average molecular weight is 310 g/mol. The highest BCUT2D eigenvalue weighted by Gasteiger charge is 2.05. The number of benzene rings is 2. The summed E-state index contributed by atoms with van der Waals surface area (Å²) in [7, 11) is 1.62. The van der Waals surface area contributed by atoms with Crippen molar-refractivity contribution in [2.24, 2.45) is 0 Å². The second-order valence-corrected chi connectivity index (χ2v) is 4.71. The van der Waals surface area contributed by atoms with Crippen LogP contribution in [0.4, 0.5) is 10.1 Å². The Hall–Kier alpha value is -1.55. The number of nitrogens with one attached hydrogen (secondary N) is 1. The first kappa shape index (κ1) is 12.9. The molecule has 0 spiro atoms. The van der Waals surface area contributed by atoms with E-state index in [4.69, 9.17) is 4.74 Å². The molecule has 2 nitrogen and oxygen atoms in total.